The summed E-state index contributed by atoms with van der Waals surface area (Å²) in [6, 6.07) is 5.37. The number of hydrogen-bond acceptors (Lipinski definition) is 4. The Morgan fingerprint density at radius 3 is 2.95 bits per heavy atom. The highest BCUT2D eigenvalue weighted by Crippen LogP contribution is 2.19. The number of nitrogens with zero attached hydrogens (tertiary/aromatic N) is 1. The van der Waals surface area contributed by atoms with E-state index in [1.165, 1.54) is 11.7 Å². The van der Waals surface area contributed by atoms with Gasteiger partial charge < -0.3 is 15.0 Å². The molecule has 2 N–H and O–H groups in total. The summed E-state index contributed by atoms with van der Waals surface area (Å²) in [5.41, 5.74) is -0.197. The van der Waals surface area contributed by atoms with Gasteiger partial charge in [-0.15, -0.1) is 0 Å². The van der Waals surface area contributed by atoms with Gasteiger partial charge in [-0.05, 0) is 31.5 Å². The maximum Gasteiger partial charge on any atom is 0.328 e. The number of methoxy groups -OCH3 is 1. The number of H-pyrrole nitrogens is 1. The fraction of sp³-hybridized carbons (Fsp3) is 0.429. The quantitative estimate of drug-likeness (QED) is 0.853. The minimum atomic E-state index is -0.388. The zero-order valence-corrected chi connectivity index (χ0v) is 11.3. The Labute approximate surface area is 115 Å². The van der Waals surface area contributed by atoms with Crippen molar-refractivity contribution in [2.45, 2.75) is 25.4 Å². The number of aromatic amines is 1. The summed E-state index contributed by atoms with van der Waals surface area (Å²) in [6.45, 7) is 1.35. The molecule has 1 aliphatic rings. The van der Waals surface area contributed by atoms with Crippen LogP contribution >= 0.6 is 0 Å². The van der Waals surface area contributed by atoms with E-state index >= 15 is 0 Å². The van der Waals surface area contributed by atoms with Crippen molar-refractivity contribution in [3.63, 3.8) is 0 Å². The Bertz CT molecular complexity index is 741. The summed E-state index contributed by atoms with van der Waals surface area (Å²) in [5.74, 6) is 0.503. The Kier molecular flexibility index (Phi) is 3.31. The minimum Gasteiger partial charge on any atom is -0.495 e. The van der Waals surface area contributed by atoms with E-state index in [0.29, 0.717) is 23.2 Å². The van der Waals surface area contributed by atoms with Gasteiger partial charge >= 0.3 is 5.69 Å². The van der Waals surface area contributed by atoms with Crippen LogP contribution < -0.4 is 21.3 Å². The standard InChI is InChI=1S/C14H17N3O3/c1-20-11-6-2-5-10-12(11)16-14(19)17(13(10)18)8-9-4-3-7-15-9/h2,5-6,9,15H,3-4,7-8H2,1H3,(H,16,19). The molecule has 6 heteroatoms. The zero-order valence-electron chi connectivity index (χ0n) is 11.3. The highest BCUT2D eigenvalue weighted by Gasteiger charge is 2.18. The van der Waals surface area contributed by atoms with Crippen LogP contribution in [-0.4, -0.2) is 29.2 Å². The Hall–Kier alpha value is -2.08. The van der Waals surface area contributed by atoms with Crippen LogP contribution in [0.1, 0.15) is 12.8 Å². The molecule has 1 unspecified atom stereocenters. The number of aromatic nitrogens is 2. The van der Waals surface area contributed by atoms with Gasteiger partial charge in [-0.2, -0.15) is 0 Å². The maximum absolute atomic E-state index is 12.5. The third-order valence-electron chi connectivity index (χ3n) is 3.76. The molecule has 1 aromatic heterocycles. The molecular weight excluding hydrogens is 258 g/mol. The lowest BCUT2D eigenvalue weighted by Crippen LogP contribution is -2.40. The Morgan fingerprint density at radius 2 is 2.25 bits per heavy atom. The number of ether oxygens (including phenoxy) is 1. The van der Waals surface area contributed by atoms with Crippen LogP contribution in [0.2, 0.25) is 0 Å². The van der Waals surface area contributed by atoms with E-state index in [-0.39, 0.29) is 17.3 Å². The molecule has 1 aromatic carbocycles. The second kappa shape index (κ2) is 5.13. The lowest BCUT2D eigenvalue weighted by Gasteiger charge is -2.13. The number of rotatable bonds is 3. The van der Waals surface area contributed by atoms with E-state index in [4.69, 9.17) is 4.74 Å². The van der Waals surface area contributed by atoms with Crippen LogP contribution in [0.25, 0.3) is 10.9 Å². The fourth-order valence-electron chi connectivity index (χ4n) is 2.72. The Balaban J connectivity index is 2.14. The molecular formula is C14H17N3O3. The van der Waals surface area contributed by atoms with E-state index < -0.39 is 0 Å². The summed E-state index contributed by atoms with van der Waals surface area (Å²) in [7, 11) is 1.51. The SMILES string of the molecule is COc1cccc2c(=O)n(CC3CCCN3)c(=O)[nH]c12. The molecule has 106 valence electrons. The highest BCUT2D eigenvalue weighted by molar-refractivity contribution is 5.83. The van der Waals surface area contributed by atoms with Crippen LogP contribution in [0.4, 0.5) is 0 Å². The van der Waals surface area contributed by atoms with Gasteiger partial charge in [0.15, 0.2) is 0 Å². The van der Waals surface area contributed by atoms with E-state index in [0.717, 1.165) is 19.4 Å². The summed E-state index contributed by atoms with van der Waals surface area (Å²) in [5, 5.41) is 3.77. The number of benzene rings is 1. The second-order valence-electron chi connectivity index (χ2n) is 5.02. The molecule has 0 bridgehead atoms. The Morgan fingerprint density at radius 1 is 1.40 bits per heavy atom. The van der Waals surface area contributed by atoms with Gasteiger partial charge in [0.2, 0.25) is 0 Å². The first kappa shape index (κ1) is 12.9. The lowest BCUT2D eigenvalue weighted by molar-refractivity contribution is 0.418. The van der Waals surface area contributed by atoms with Crippen molar-refractivity contribution in [1.29, 1.82) is 0 Å². The van der Waals surface area contributed by atoms with Crippen molar-refractivity contribution in [3.05, 3.63) is 39.0 Å². The topological polar surface area (TPSA) is 76.1 Å². The highest BCUT2D eigenvalue weighted by atomic mass is 16.5. The van der Waals surface area contributed by atoms with Gasteiger partial charge in [-0.3, -0.25) is 9.36 Å². The minimum absolute atomic E-state index is 0.192. The molecule has 1 fully saturated rings. The molecule has 0 aliphatic carbocycles. The van der Waals surface area contributed by atoms with Crippen LogP contribution in [0.3, 0.4) is 0 Å². The molecule has 6 nitrogen and oxygen atoms in total. The van der Waals surface area contributed by atoms with Gasteiger partial charge in [0.1, 0.15) is 5.75 Å². The predicted octanol–water partition coefficient (Wildman–Crippen LogP) is 0.450. The average molecular weight is 275 g/mol. The van der Waals surface area contributed by atoms with Crippen LogP contribution in [0.15, 0.2) is 27.8 Å². The number of hydrogen-bond donors (Lipinski definition) is 2. The lowest BCUT2D eigenvalue weighted by atomic mass is 10.2. The molecule has 0 amide bonds. The molecule has 0 saturated carbocycles. The maximum atomic E-state index is 12.5. The summed E-state index contributed by atoms with van der Waals surface area (Å²) < 4.78 is 6.45. The van der Waals surface area contributed by atoms with Gasteiger partial charge in [0.05, 0.1) is 18.0 Å². The summed E-state index contributed by atoms with van der Waals surface area (Å²) >= 11 is 0. The predicted molar refractivity (Wildman–Crippen MR) is 76.4 cm³/mol. The monoisotopic (exact) mass is 275 g/mol. The van der Waals surface area contributed by atoms with Gasteiger partial charge in [-0.1, -0.05) is 6.07 Å². The first-order chi connectivity index (χ1) is 9.70. The van der Waals surface area contributed by atoms with Crippen molar-refractivity contribution in [1.82, 2.24) is 14.9 Å². The zero-order chi connectivity index (χ0) is 14.1. The largest absolute Gasteiger partial charge is 0.495 e. The van der Waals surface area contributed by atoms with E-state index in [2.05, 4.69) is 10.3 Å². The summed E-state index contributed by atoms with van der Waals surface area (Å²) in [4.78, 5) is 27.3. The van der Waals surface area contributed by atoms with Crippen molar-refractivity contribution in [3.8, 4) is 5.75 Å². The summed E-state index contributed by atoms with van der Waals surface area (Å²) in [6.07, 6.45) is 2.07. The van der Waals surface area contributed by atoms with Gasteiger partial charge in [0, 0.05) is 12.6 Å². The average Bonchev–Trinajstić information content (AvgIpc) is 2.96. The van der Waals surface area contributed by atoms with Crippen molar-refractivity contribution in [2.24, 2.45) is 0 Å². The third kappa shape index (κ3) is 2.12. The van der Waals surface area contributed by atoms with Crippen molar-refractivity contribution in [2.75, 3.05) is 13.7 Å². The molecule has 0 radical (unpaired) electrons. The fourth-order valence-corrected chi connectivity index (χ4v) is 2.72. The van der Waals surface area contributed by atoms with Crippen molar-refractivity contribution < 1.29 is 4.74 Å². The number of para-hydroxylation sites is 1. The molecule has 2 heterocycles. The second-order valence-corrected chi connectivity index (χ2v) is 5.02. The number of fused-ring (bicyclic) bond motifs is 1. The van der Waals surface area contributed by atoms with E-state index in [1.807, 2.05) is 0 Å². The van der Waals surface area contributed by atoms with Crippen LogP contribution in [0, 0.1) is 0 Å². The van der Waals surface area contributed by atoms with Crippen LogP contribution in [-0.2, 0) is 6.54 Å². The van der Waals surface area contributed by atoms with Crippen molar-refractivity contribution >= 4 is 10.9 Å². The normalized spacial score (nSPS) is 18.6. The van der Waals surface area contributed by atoms with Gasteiger partial charge in [-0.25, -0.2) is 4.79 Å². The number of nitrogens with one attached hydrogen (secondary N) is 2. The molecule has 1 aliphatic heterocycles. The molecule has 20 heavy (non-hydrogen) atoms. The smallest absolute Gasteiger partial charge is 0.328 e. The van der Waals surface area contributed by atoms with Crippen LogP contribution in [0.5, 0.6) is 5.75 Å². The van der Waals surface area contributed by atoms with E-state index in [9.17, 15) is 9.59 Å². The van der Waals surface area contributed by atoms with E-state index in [1.54, 1.807) is 18.2 Å². The molecule has 0 spiro atoms. The third-order valence-corrected chi connectivity index (χ3v) is 3.76. The molecule has 1 atom stereocenters. The van der Waals surface area contributed by atoms with Gasteiger partial charge in [0.25, 0.3) is 5.56 Å². The first-order valence-electron chi connectivity index (χ1n) is 6.74. The molecule has 2 aromatic rings. The molecule has 1 saturated heterocycles. The molecule has 3 rings (SSSR count). The first-order valence-corrected chi connectivity index (χ1v) is 6.74.